The summed E-state index contributed by atoms with van der Waals surface area (Å²) < 4.78 is 10.1. The van der Waals surface area contributed by atoms with Crippen molar-refractivity contribution < 1.29 is 14.3 Å². The predicted octanol–water partition coefficient (Wildman–Crippen LogP) is 2.91. The first-order chi connectivity index (χ1) is 7.63. The highest BCUT2D eigenvalue weighted by molar-refractivity contribution is 9.09. The molecule has 0 spiro atoms. The van der Waals surface area contributed by atoms with Crippen molar-refractivity contribution >= 4 is 21.9 Å². The van der Waals surface area contributed by atoms with Gasteiger partial charge in [0, 0.05) is 12.0 Å². The number of methoxy groups -OCH3 is 1. The summed E-state index contributed by atoms with van der Waals surface area (Å²) in [6.45, 7) is 3.62. The minimum atomic E-state index is -0.416. The van der Waals surface area contributed by atoms with Crippen LogP contribution in [0.15, 0.2) is 42.5 Å². The zero-order valence-electron chi connectivity index (χ0n) is 8.98. The number of rotatable bonds is 5. The number of ether oxygens (including phenoxy) is 2. The average molecular weight is 285 g/mol. The Morgan fingerprint density at radius 1 is 1.44 bits per heavy atom. The molecular weight excluding hydrogens is 272 g/mol. The van der Waals surface area contributed by atoms with Gasteiger partial charge in [0.1, 0.15) is 5.75 Å². The molecule has 86 valence electrons. The van der Waals surface area contributed by atoms with Gasteiger partial charge in [0.2, 0.25) is 0 Å². The van der Waals surface area contributed by atoms with E-state index in [1.165, 1.54) is 7.11 Å². The lowest BCUT2D eigenvalue weighted by atomic mass is 10.2. The van der Waals surface area contributed by atoms with Crippen LogP contribution in [0.3, 0.4) is 0 Å². The molecule has 0 fully saturated rings. The summed E-state index contributed by atoms with van der Waals surface area (Å²) in [7, 11) is 1.33. The Kier molecular flexibility index (Phi) is 5.05. The normalized spacial score (nSPS) is 11.6. The molecular formula is C12H13BrO3. The van der Waals surface area contributed by atoms with Crippen molar-refractivity contribution in [3.8, 4) is 5.75 Å². The van der Waals surface area contributed by atoms with E-state index in [0.29, 0.717) is 12.0 Å². The number of hydrogen-bond donors (Lipinski definition) is 0. The molecule has 0 aliphatic heterocycles. The van der Waals surface area contributed by atoms with E-state index < -0.39 is 5.97 Å². The lowest BCUT2D eigenvalue weighted by molar-refractivity contribution is -0.136. The number of esters is 1. The maximum Gasteiger partial charge on any atom is 0.333 e. The Balaban J connectivity index is 2.45. The molecule has 0 saturated carbocycles. The first-order valence-corrected chi connectivity index (χ1v) is 5.67. The quantitative estimate of drug-likeness (QED) is 0.474. The number of carbonyl (C=O) groups is 1. The second kappa shape index (κ2) is 6.33. The standard InChI is InChI=1S/C12H13BrO3/c1-9(12(14)15-2)8-11(13)16-10-6-4-3-5-7-10/h3-7,11H,1,8H2,2H3. The summed E-state index contributed by atoms with van der Waals surface area (Å²) in [6, 6.07) is 9.35. The molecule has 0 bridgehead atoms. The number of alkyl halides is 1. The summed E-state index contributed by atoms with van der Waals surface area (Å²) in [5.41, 5.74) is 0.375. The van der Waals surface area contributed by atoms with Crippen molar-refractivity contribution in [1.82, 2.24) is 0 Å². The van der Waals surface area contributed by atoms with E-state index in [1.54, 1.807) is 0 Å². The van der Waals surface area contributed by atoms with Gasteiger partial charge < -0.3 is 9.47 Å². The molecule has 1 aromatic rings. The minimum absolute atomic E-state index is 0.290. The molecule has 0 radical (unpaired) electrons. The number of carbonyl (C=O) groups excluding carboxylic acids is 1. The molecule has 0 N–H and O–H groups in total. The SMILES string of the molecule is C=C(CC(Br)Oc1ccccc1)C(=O)OC. The Morgan fingerprint density at radius 3 is 2.62 bits per heavy atom. The zero-order valence-corrected chi connectivity index (χ0v) is 10.6. The van der Waals surface area contributed by atoms with Crippen LogP contribution in [0.1, 0.15) is 6.42 Å². The fourth-order valence-corrected chi connectivity index (χ4v) is 1.72. The molecule has 1 atom stereocenters. The number of halogens is 1. The van der Waals surface area contributed by atoms with Crippen molar-refractivity contribution in [2.24, 2.45) is 0 Å². The largest absolute Gasteiger partial charge is 0.479 e. The molecule has 3 nitrogen and oxygen atoms in total. The maximum atomic E-state index is 11.1. The third-order valence-electron chi connectivity index (χ3n) is 1.89. The summed E-state index contributed by atoms with van der Waals surface area (Å²) in [5.74, 6) is 0.322. The van der Waals surface area contributed by atoms with Crippen molar-refractivity contribution in [2.45, 2.75) is 11.4 Å². The van der Waals surface area contributed by atoms with Crippen LogP contribution < -0.4 is 4.74 Å². The molecule has 1 unspecified atom stereocenters. The van der Waals surface area contributed by atoms with Crippen LogP contribution in [0.2, 0.25) is 0 Å². The van der Waals surface area contributed by atoms with E-state index in [4.69, 9.17) is 4.74 Å². The van der Waals surface area contributed by atoms with Crippen LogP contribution in [-0.2, 0) is 9.53 Å². The van der Waals surface area contributed by atoms with E-state index in [0.717, 1.165) is 5.75 Å². The smallest absolute Gasteiger partial charge is 0.333 e. The third-order valence-corrected chi connectivity index (χ3v) is 2.40. The van der Waals surface area contributed by atoms with Gasteiger partial charge in [0.25, 0.3) is 0 Å². The van der Waals surface area contributed by atoms with Gasteiger partial charge in [-0.1, -0.05) is 24.8 Å². The molecule has 0 heterocycles. The molecule has 0 aromatic heterocycles. The van der Waals surface area contributed by atoms with Crippen LogP contribution in [-0.4, -0.2) is 18.1 Å². The third kappa shape index (κ3) is 4.06. The van der Waals surface area contributed by atoms with Gasteiger partial charge in [0.05, 0.1) is 7.11 Å². The highest BCUT2D eigenvalue weighted by Crippen LogP contribution is 2.18. The van der Waals surface area contributed by atoms with Gasteiger partial charge in [-0.2, -0.15) is 0 Å². The molecule has 16 heavy (non-hydrogen) atoms. The van der Waals surface area contributed by atoms with Crippen molar-refractivity contribution in [1.29, 1.82) is 0 Å². The summed E-state index contributed by atoms with van der Waals surface area (Å²) in [5, 5.41) is -0.290. The number of hydrogen-bond acceptors (Lipinski definition) is 3. The van der Waals surface area contributed by atoms with E-state index >= 15 is 0 Å². The molecule has 1 rings (SSSR count). The van der Waals surface area contributed by atoms with Crippen LogP contribution in [0, 0.1) is 0 Å². The van der Waals surface area contributed by atoms with Crippen molar-refractivity contribution in [2.75, 3.05) is 7.11 Å². The lowest BCUT2D eigenvalue weighted by Crippen LogP contribution is -2.13. The minimum Gasteiger partial charge on any atom is -0.479 e. The van der Waals surface area contributed by atoms with Gasteiger partial charge in [-0.25, -0.2) is 4.79 Å². The van der Waals surface area contributed by atoms with Gasteiger partial charge in [-0.15, -0.1) is 0 Å². The Bertz CT molecular complexity index is 362. The molecule has 0 saturated heterocycles. The molecule has 1 aromatic carbocycles. The zero-order chi connectivity index (χ0) is 12.0. The average Bonchev–Trinajstić information content (AvgIpc) is 2.29. The Morgan fingerprint density at radius 2 is 2.06 bits per heavy atom. The van der Waals surface area contributed by atoms with E-state index in [-0.39, 0.29) is 5.01 Å². The fraction of sp³-hybridized carbons (Fsp3) is 0.250. The van der Waals surface area contributed by atoms with Gasteiger partial charge in [-0.05, 0) is 28.1 Å². The van der Waals surface area contributed by atoms with Gasteiger partial charge >= 0.3 is 5.97 Å². The Hall–Kier alpha value is -1.29. The Labute approximate surface area is 103 Å². The predicted molar refractivity (Wildman–Crippen MR) is 65.6 cm³/mol. The second-order valence-electron chi connectivity index (χ2n) is 3.14. The second-order valence-corrected chi connectivity index (χ2v) is 4.16. The monoisotopic (exact) mass is 284 g/mol. The van der Waals surface area contributed by atoms with Crippen LogP contribution in [0.5, 0.6) is 5.75 Å². The summed E-state index contributed by atoms with van der Waals surface area (Å²) in [6.07, 6.45) is 0.377. The topological polar surface area (TPSA) is 35.5 Å². The maximum absolute atomic E-state index is 11.1. The van der Waals surface area contributed by atoms with Crippen LogP contribution in [0.4, 0.5) is 0 Å². The first kappa shape index (κ1) is 12.8. The van der Waals surface area contributed by atoms with E-state index in [2.05, 4.69) is 27.2 Å². The lowest BCUT2D eigenvalue weighted by Gasteiger charge is -2.13. The van der Waals surface area contributed by atoms with Gasteiger partial charge in [-0.3, -0.25) is 0 Å². The highest BCUT2D eigenvalue weighted by Gasteiger charge is 2.13. The van der Waals surface area contributed by atoms with Gasteiger partial charge in [0.15, 0.2) is 5.01 Å². The van der Waals surface area contributed by atoms with E-state index in [1.807, 2.05) is 30.3 Å². The first-order valence-electron chi connectivity index (χ1n) is 4.75. The summed E-state index contributed by atoms with van der Waals surface area (Å²) in [4.78, 5) is 11.1. The van der Waals surface area contributed by atoms with Crippen LogP contribution in [0.25, 0.3) is 0 Å². The number of benzene rings is 1. The molecule has 0 amide bonds. The number of para-hydroxylation sites is 1. The van der Waals surface area contributed by atoms with Crippen molar-refractivity contribution in [3.63, 3.8) is 0 Å². The van der Waals surface area contributed by atoms with Crippen LogP contribution >= 0.6 is 15.9 Å². The molecule has 4 heteroatoms. The summed E-state index contributed by atoms with van der Waals surface area (Å²) >= 11 is 3.32. The highest BCUT2D eigenvalue weighted by atomic mass is 79.9. The fourth-order valence-electron chi connectivity index (χ4n) is 1.11. The van der Waals surface area contributed by atoms with E-state index in [9.17, 15) is 4.79 Å². The van der Waals surface area contributed by atoms with Crippen molar-refractivity contribution in [3.05, 3.63) is 42.5 Å². The molecule has 0 aliphatic carbocycles. The molecule has 0 aliphatic rings.